The fourth-order valence-electron chi connectivity index (χ4n) is 3.91. The van der Waals surface area contributed by atoms with Gasteiger partial charge >= 0.3 is 6.03 Å². The minimum absolute atomic E-state index is 0.0384. The second-order valence-corrected chi connectivity index (χ2v) is 7.86. The average Bonchev–Trinajstić information content (AvgIpc) is 3.33. The Bertz CT molecular complexity index is 1040. The third-order valence-electron chi connectivity index (χ3n) is 5.64. The molecule has 0 radical (unpaired) electrons. The predicted molar refractivity (Wildman–Crippen MR) is 122 cm³/mol. The molecule has 3 heterocycles. The molecule has 0 saturated carbocycles. The van der Waals surface area contributed by atoms with Gasteiger partial charge in [0.25, 0.3) is 0 Å². The molecular weight excluding hydrogens is 424 g/mol. The average molecular weight is 453 g/mol. The number of pyridine rings is 1. The topological polar surface area (TPSA) is 123 Å². The summed E-state index contributed by atoms with van der Waals surface area (Å²) in [5.41, 5.74) is 2.26. The zero-order valence-corrected chi connectivity index (χ0v) is 18.4. The van der Waals surface area contributed by atoms with Crippen LogP contribution in [-0.4, -0.2) is 63.1 Å². The molecule has 1 fully saturated rings. The Balaban J connectivity index is 1.27. The first-order chi connectivity index (χ1) is 16.2. The van der Waals surface area contributed by atoms with Crippen LogP contribution in [0, 0.1) is 0 Å². The van der Waals surface area contributed by atoms with Crippen molar-refractivity contribution in [1.82, 2.24) is 25.3 Å². The van der Waals surface area contributed by atoms with E-state index >= 15 is 0 Å². The van der Waals surface area contributed by atoms with Crippen LogP contribution in [0.2, 0.25) is 0 Å². The molecule has 174 valence electrons. The Kier molecular flexibility index (Phi) is 7.48. The third-order valence-corrected chi connectivity index (χ3v) is 5.64. The summed E-state index contributed by atoms with van der Waals surface area (Å²) in [5, 5.41) is 23.9. The second kappa shape index (κ2) is 10.9. The first-order valence-corrected chi connectivity index (χ1v) is 10.9. The molecule has 2 aromatic heterocycles. The van der Waals surface area contributed by atoms with Gasteiger partial charge in [0.1, 0.15) is 17.5 Å². The molecule has 10 heteroatoms. The van der Waals surface area contributed by atoms with Gasteiger partial charge in [0, 0.05) is 24.5 Å². The van der Waals surface area contributed by atoms with Crippen LogP contribution in [0.5, 0.6) is 5.75 Å². The van der Waals surface area contributed by atoms with E-state index in [2.05, 4.69) is 25.9 Å². The summed E-state index contributed by atoms with van der Waals surface area (Å²) >= 11 is 0. The van der Waals surface area contributed by atoms with Crippen molar-refractivity contribution < 1.29 is 19.4 Å². The molecule has 1 aromatic carbocycles. The molecule has 1 aliphatic heterocycles. The number of benzene rings is 1. The number of amides is 2. The fraction of sp³-hybridized carbons (Fsp3) is 0.391. The first kappa shape index (κ1) is 22.7. The largest absolute Gasteiger partial charge is 0.495 e. The molecule has 3 aromatic rings. The number of nitrogens with zero attached hydrogens (tertiary/aromatic N) is 4. The maximum atomic E-state index is 12.5. The highest BCUT2D eigenvalue weighted by Crippen LogP contribution is 2.25. The van der Waals surface area contributed by atoms with Crippen LogP contribution >= 0.6 is 0 Å². The third kappa shape index (κ3) is 5.85. The van der Waals surface area contributed by atoms with Gasteiger partial charge in [-0.15, -0.1) is 5.10 Å². The summed E-state index contributed by atoms with van der Waals surface area (Å²) in [5.74, 6) is 0.575. The number of methoxy groups -OCH3 is 1. The summed E-state index contributed by atoms with van der Waals surface area (Å²) in [6.45, 7) is 0.465. The highest BCUT2D eigenvalue weighted by atomic mass is 16.5. The molecular formula is C23H28N6O4. The van der Waals surface area contributed by atoms with E-state index in [1.807, 2.05) is 30.5 Å². The van der Waals surface area contributed by atoms with E-state index < -0.39 is 6.10 Å². The number of carbonyl (C=O) groups excluding carboxylic acids is 1. The molecule has 0 aliphatic carbocycles. The van der Waals surface area contributed by atoms with Gasteiger partial charge in [-0.1, -0.05) is 17.3 Å². The quantitative estimate of drug-likeness (QED) is 0.480. The van der Waals surface area contributed by atoms with E-state index in [9.17, 15) is 9.90 Å². The van der Waals surface area contributed by atoms with Crippen molar-refractivity contribution in [2.45, 2.75) is 44.1 Å². The minimum atomic E-state index is -0.478. The molecule has 4 rings (SSSR count). The van der Waals surface area contributed by atoms with Gasteiger partial charge in [-0.2, -0.15) is 0 Å². The van der Waals surface area contributed by atoms with Gasteiger partial charge in [0.05, 0.1) is 37.7 Å². The minimum Gasteiger partial charge on any atom is -0.495 e. The van der Waals surface area contributed by atoms with Gasteiger partial charge < -0.3 is 25.2 Å². The van der Waals surface area contributed by atoms with Crippen molar-refractivity contribution in [3.05, 3.63) is 55.0 Å². The molecule has 1 saturated heterocycles. The highest BCUT2D eigenvalue weighted by Gasteiger charge is 2.32. The number of urea groups is 1. The number of aryl methyl sites for hydroxylation is 1. The van der Waals surface area contributed by atoms with E-state index in [4.69, 9.17) is 9.47 Å². The Morgan fingerprint density at radius 3 is 2.94 bits per heavy atom. The van der Waals surface area contributed by atoms with Crippen molar-refractivity contribution in [3.8, 4) is 17.0 Å². The van der Waals surface area contributed by atoms with Gasteiger partial charge in [-0.3, -0.25) is 9.67 Å². The van der Waals surface area contributed by atoms with E-state index in [-0.39, 0.29) is 24.8 Å². The van der Waals surface area contributed by atoms with Crippen LogP contribution in [0.3, 0.4) is 0 Å². The van der Waals surface area contributed by atoms with Crippen molar-refractivity contribution >= 4 is 11.7 Å². The summed E-state index contributed by atoms with van der Waals surface area (Å²) < 4.78 is 13.1. The van der Waals surface area contributed by atoms with Gasteiger partial charge in [0.15, 0.2) is 0 Å². The van der Waals surface area contributed by atoms with Crippen molar-refractivity contribution in [1.29, 1.82) is 0 Å². The van der Waals surface area contributed by atoms with Crippen LogP contribution in [0.4, 0.5) is 10.5 Å². The maximum absolute atomic E-state index is 12.5. The number of aliphatic hydroxyl groups is 1. The van der Waals surface area contributed by atoms with Crippen LogP contribution in [0.15, 0.2) is 55.0 Å². The lowest BCUT2D eigenvalue weighted by atomic mass is 9.97. The molecule has 0 spiro atoms. The monoisotopic (exact) mass is 452 g/mol. The van der Waals surface area contributed by atoms with E-state index in [1.165, 1.54) is 0 Å². The number of rotatable bonds is 8. The lowest BCUT2D eigenvalue weighted by Gasteiger charge is -2.36. The number of hydrogen-bond acceptors (Lipinski definition) is 7. The summed E-state index contributed by atoms with van der Waals surface area (Å²) in [6.07, 6.45) is 7.03. The van der Waals surface area contributed by atoms with E-state index in [1.54, 1.807) is 36.3 Å². The van der Waals surface area contributed by atoms with Crippen molar-refractivity contribution in [2.75, 3.05) is 19.0 Å². The first-order valence-electron chi connectivity index (χ1n) is 10.9. The fourth-order valence-corrected chi connectivity index (χ4v) is 3.91. The second-order valence-electron chi connectivity index (χ2n) is 7.86. The number of para-hydroxylation sites is 2. The summed E-state index contributed by atoms with van der Waals surface area (Å²) in [7, 11) is 1.55. The smallest absolute Gasteiger partial charge is 0.319 e. The van der Waals surface area contributed by atoms with Crippen LogP contribution in [0.25, 0.3) is 11.3 Å². The Hall–Kier alpha value is -3.50. The Morgan fingerprint density at radius 2 is 2.15 bits per heavy atom. The molecule has 1 aliphatic rings. The standard InChI is InChI=1S/C23H28N6O4/c1-32-21-7-3-2-6-18(21)25-23(31)26-19-9-8-17(33-22(19)15-30)10-12-29-14-20(27-28-29)16-5-4-11-24-13-16/h2-7,11,13-14,17,19,22,30H,8-10,12,15H2,1H3,(H2,25,26,31)/t17-,19-,22+/m0/s1. The van der Waals surface area contributed by atoms with Gasteiger partial charge in [0.2, 0.25) is 0 Å². The number of aromatic nitrogens is 4. The molecule has 10 nitrogen and oxygen atoms in total. The number of ether oxygens (including phenoxy) is 2. The zero-order valence-electron chi connectivity index (χ0n) is 18.4. The predicted octanol–water partition coefficient (Wildman–Crippen LogP) is 2.47. The molecule has 0 unspecified atom stereocenters. The summed E-state index contributed by atoms with van der Waals surface area (Å²) in [6, 6.07) is 10.3. The van der Waals surface area contributed by atoms with Crippen LogP contribution < -0.4 is 15.4 Å². The number of carbonyl (C=O) groups is 1. The molecule has 0 bridgehead atoms. The number of anilines is 1. The van der Waals surface area contributed by atoms with Crippen LogP contribution in [0.1, 0.15) is 19.3 Å². The lowest BCUT2D eigenvalue weighted by Crippen LogP contribution is -2.52. The molecule has 3 atom stereocenters. The summed E-state index contributed by atoms with van der Waals surface area (Å²) in [4.78, 5) is 16.6. The zero-order chi connectivity index (χ0) is 23.0. The highest BCUT2D eigenvalue weighted by molar-refractivity contribution is 5.91. The van der Waals surface area contributed by atoms with Crippen molar-refractivity contribution in [2.24, 2.45) is 0 Å². The maximum Gasteiger partial charge on any atom is 0.319 e. The number of aliphatic hydroxyl groups excluding tert-OH is 1. The van der Waals surface area contributed by atoms with Crippen molar-refractivity contribution in [3.63, 3.8) is 0 Å². The number of nitrogens with one attached hydrogen (secondary N) is 2. The normalized spacial score (nSPS) is 20.2. The van der Waals surface area contributed by atoms with E-state index in [0.717, 1.165) is 24.1 Å². The molecule has 2 amide bonds. The Labute approximate surface area is 191 Å². The van der Waals surface area contributed by atoms with Gasteiger partial charge in [-0.05, 0) is 43.5 Å². The molecule has 3 N–H and O–H groups in total. The van der Waals surface area contributed by atoms with Gasteiger partial charge in [-0.25, -0.2) is 4.79 Å². The SMILES string of the molecule is COc1ccccc1NC(=O)N[C@H]1CC[C@@H](CCn2cc(-c3cccnc3)nn2)O[C@@H]1CO. The molecule has 33 heavy (non-hydrogen) atoms. The lowest BCUT2D eigenvalue weighted by molar-refractivity contribution is -0.0905. The number of hydrogen-bond donors (Lipinski definition) is 3. The van der Waals surface area contributed by atoms with Crippen LogP contribution in [-0.2, 0) is 11.3 Å². The van der Waals surface area contributed by atoms with E-state index in [0.29, 0.717) is 24.4 Å². The Morgan fingerprint density at radius 1 is 1.27 bits per heavy atom.